The number of hydrogen-bond acceptors (Lipinski definition) is 3. The van der Waals surface area contributed by atoms with Gasteiger partial charge in [-0.15, -0.1) is 0 Å². The van der Waals surface area contributed by atoms with Gasteiger partial charge in [-0.1, -0.05) is 6.07 Å². The highest BCUT2D eigenvalue weighted by molar-refractivity contribution is 5.56. The molecule has 4 heteroatoms. The summed E-state index contributed by atoms with van der Waals surface area (Å²) >= 11 is 0. The molecule has 1 N–H and O–H groups in total. The molecule has 0 amide bonds. The zero-order valence-electron chi connectivity index (χ0n) is 10.5. The van der Waals surface area contributed by atoms with Crippen molar-refractivity contribution in [3.8, 4) is 5.75 Å². The molecule has 0 radical (unpaired) electrons. The molecule has 94 valence electrons. The van der Waals surface area contributed by atoms with Gasteiger partial charge < -0.3 is 14.6 Å². The number of hydrogen-bond donors (Lipinski definition) is 1. The second kappa shape index (κ2) is 4.72. The van der Waals surface area contributed by atoms with E-state index < -0.39 is 0 Å². The van der Waals surface area contributed by atoms with E-state index in [9.17, 15) is 0 Å². The van der Waals surface area contributed by atoms with Gasteiger partial charge in [0.05, 0.1) is 6.61 Å². The average Bonchev–Trinajstić information content (AvgIpc) is 3.12. The lowest BCUT2D eigenvalue weighted by Crippen LogP contribution is -2.01. The van der Waals surface area contributed by atoms with Crippen LogP contribution in [0.2, 0.25) is 0 Å². The Kier molecular flexibility index (Phi) is 2.92. The third-order valence-electron chi connectivity index (χ3n) is 3.01. The fourth-order valence-electron chi connectivity index (χ4n) is 2.02. The number of nitrogens with one attached hydrogen (secondary N) is 1. The van der Waals surface area contributed by atoms with Crippen LogP contribution in [0.25, 0.3) is 0 Å². The van der Waals surface area contributed by atoms with Crippen molar-refractivity contribution in [2.45, 2.75) is 25.8 Å². The number of aromatic nitrogens is 2. The first kappa shape index (κ1) is 11.1. The summed E-state index contributed by atoms with van der Waals surface area (Å²) in [6, 6.07) is 8.59. The highest BCUT2D eigenvalue weighted by Crippen LogP contribution is 2.37. The van der Waals surface area contributed by atoms with E-state index in [1.165, 1.54) is 12.8 Å². The topological polar surface area (TPSA) is 39.1 Å². The molecule has 18 heavy (non-hydrogen) atoms. The van der Waals surface area contributed by atoms with Crippen LogP contribution in [-0.2, 0) is 0 Å². The molecule has 0 atom stereocenters. The zero-order valence-corrected chi connectivity index (χ0v) is 10.5. The van der Waals surface area contributed by atoms with Crippen LogP contribution < -0.4 is 10.1 Å². The minimum atomic E-state index is 0.630. The molecule has 1 saturated carbocycles. The van der Waals surface area contributed by atoms with Gasteiger partial charge in [-0.3, -0.25) is 0 Å². The highest BCUT2D eigenvalue weighted by atomic mass is 16.5. The van der Waals surface area contributed by atoms with Gasteiger partial charge in [-0.25, -0.2) is 4.98 Å². The molecule has 0 unspecified atom stereocenters. The number of rotatable bonds is 5. The van der Waals surface area contributed by atoms with Crippen LogP contribution in [0.1, 0.15) is 25.8 Å². The first-order valence-electron chi connectivity index (χ1n) is 6.39. The summed E-state index contributed by atoms with van der Waals surface area (Å²) in [6.45, 7) is 2.67. The fraction of sp³-hybridized carbons (Fsp3) is 0.357. The molecule has 4 nitrogen and oxygen atoms in total. The van der Waals surface area contributed by atoms with Gasteiger partial charge in [0.25, 0.3) is 0 Å². The van der Waals surface area contributed by atoms with E-state index in [2.05, 4.69) is 14.9 Å². The molecule has 0 spiro atoms. The van der Waals surface area contributed by atoms with E-state index in [4.69, 9.17) is 4.74 Å². The summed E-state index contributed by atoms with van der Waals surface area (Å²) in [5.41, 5.74) is 1.01. The smallest absolute Gasteiger partial charge is 0.207 e. The van der Waals surface area contributed by atoms with Crippen LogP contribution in [0.5, 0.6) is 5.75 Å². The van der Waals surface area contributed by atoms with E-state index >= 15 is 0 Å². The van der Waals surface area contributed by atoms with Crippen molar-refractivity contribution < 1.29 is 4.74 Å². The van der Waals surface area contributed by atoms with Crippen molar-refractivity contribution >= 4 is 11.6 Å². The minimum Gasteiger partial charge on any atom is -0.494 e. The number of imidazole rings is 1. The van der Waals surface area contributed by atoms with Gasteiger partial charge in [0.2, 0.25) is 5.95 Å². The van der Waals surface area contributed by atoms with Gasteiger partial charge >= 0.3 is 0 Å². The fourth-order valence-corrected chi connectivity index (χ4v) is 2.02. The van der Waals surface area contributed by atoms with Crippen molar-refractivity contribution in [3.05, 3.63) is 36.7 Å². The summed E-state index contributed by atoms with van der Waals surface area (Å²) in [5, 5.41) is 3.34. The number of anilines is 2. The Balaban J connectivity index is 1.78. The summed E-state index contributed by atoms with van der Waals surface area (Å²) < 4.78 is 7.69. The van der Waals surface area contributed by atoms with Crippen LogP contribution >= 0.6 is 0 Å². The molecule has 1 aliphatic rings. The lowest BCUT2D eigenvalue weighted by molar-refractivity contribution is 0.340. The SMILES string of the molecule is CCOc1cccc(Nc2nccn2C2CC2)c1. The summed E-state index contributed by atoms with van der Waals surface area (Å²) in [7, 11) is 0. The van der Waals surface area contributed by atoms with Gasteiger partial charge in [-0.05, 0) is 31.9 Å². The largest absolute Gasteiger partial charge is 0.494 e. The zero-order chi connectivity index (χ0) is 12.4. The van der Waals surface area contributed by atoms with Crippen LogP contribution in [0.3, 0.4) is 0 Å². The van der Waals surface area contributed by atoms with Gasteiger partial charge in [0.15, 0.2) is 0 Å². The van der Waals surface area contributed by atoms with E-state index in [1.807, 2.05) is 43.6 Å². The van der Waals surface area contributed by atoms with Crippen molar-refractivity contribution in [3.63, 3.8) is 0 Å². The Bertz CT molecular complexity index is 531. The molecule has 1 aromatic carbocycles. The quantitative estimate of drug-likeness (QED) is 0.875. The minimum absolute atomic E-state index is 0.630. The van der Waals surface area contributed by atoms with Gasteiger partial charge in [0, 0.05) is 30.2 Å². The Morgan fingerprint density at radius 2 is 2.33 bits per heavy atom. The molecule has 0 saturated heterocycles. The molecule has 1 aromatic heterocycles. The predicted octanol–water partition coefficient (Wildman–Crippen LogP) is 3.36. The molecule has 2 aromatic rings. The Labute approximate surface area is 107 Å². The second-order valence-electron chi connectivity index (χ2n) is 4.48. The van der Waals surface area contributed by atoms with Crippen LogP contribution in [0.4, 0.5) is 11.6 Å². The standard InChI is InChI=1S/C14H17N3O/c1-2-18-13-5-3-4-11(10-13)16-14-15-8-9-17(14)12-6-7-12/h3-5,8-10,12H,2,6-7H2,1H3,(H,15,16). The van der Waals surface area contributed by atoms with Crippen molar-refractivity contribution in [2.24, 2.45) is 0 Å². The number of ether oxygens (including phenoxy) is 1. The molecule has 3 rings (SSSR count). The van der Waals surface area contributed by atoms with Crippen molar-refractivity contribution in [2.75, 3.05) is 11.9 Å². The summed E-state index contributed by atoms with van der Waals surface area (Å²) in [4.78, 5) is 4.36. The summed E-state index contributed by atoms with van der Waals surface area (Å²) in [5.74, 6) is 1.79. The maximum atomic E-state index is 5.49. The molecular weight excluding hydrogens is 226 g/mol. The summed E-state index contributed by atoms with van der Waals surface area (Å²) in [6.07, 6.45) is 6.38. The first-order valence-corrected chi connectivity index (χ1v) is 6.39. The second-order valence-corrected chi connectivity index (χ2v) is 4.48. The molecule has 1 heterocycles. The van der Waals surface area contributed by atoms with Crippen molar-refractivity contribution in [1.29, 1.82) is 0 Å². The lowest BCUT2D eigenvalue weighted by atomic mass is 10.3. The van der Waals surface area contributed by atoms with E-state index in [0.717, 1.165) is 17.4 Å². The molecule has 0 aliphatic heterocycles. The normalized spacial score (nSPS) is 14.5. The molecule has 0 bridgehead atoms. The van der Waals surface area contributed by atoms with E-state index in [-0.39, 0.29) is 0 Å². The first-order chi connectivity index (χ1) is 8.86. The van der Waals surface area contributed by atoms with Gasteiger partial charge in [0.1, 0.15) is 5.75 Å². The third kappa shape index (κ3) is 2.32. The number of nitrogens with zero attached hydrogens (tertiary/aromatic N) is 2. The van der Waals surface area contributed by atoms with Crippen LogP contribution in [0.15, 0.2) is 36.7 Å². The molecule has 1 fully saturated rings. The van der Waals surface area contributed by atoms with Crippen LogP contribution in [-0.4, -0.2) is 16.2 Å². The highest BCUT2D eigenvalue weighted by Gasteiger charge is 2.25. The Morgan fingerprint density at radius 1 is 1.44 bits per heavy atom. The molecular formula is C14H17N3O. The maximum Gasteiger partial charge on any atom is 0.207 e. The third-order valence-corrected chi connectivity index (χ3v) is 3.01. The van der Waals surface area contributed by atoms with E-state index in [0.29, 0.717) is 12.6 Å². The monoisotopic (exact) mass is 243 g/mol. The molecule has 1 aliphatic carbocycles. The average molecular weight is 243 g/mol. The maximum absolute atomic E-state index is 5.49. The Hall–Kier alpha value is -1.97. The van der Waals surface area contributed by atoms with Crippen molar-refractivity contribution in [1.82, 2.24) is 9.55 Å². The van der Waals surface area contributed by atoms with E-state index in [1.54, 1.807) is 0 Å². The van der Waals surface area contributed by atoms with Crippen LogP contribution in [0, 0.1) is 0 Å². The lowest BCUT2D eigenvalue weighted by Gasteiger charge is -2.10. The van der Waals surface area contributed by atoms with Gasteiger partial charge in [-0.2, -0.15) is 0 Å². The predicted molar refractivity (Wildman–Crippen MR) is 71.4 cm³/mol. The Morgan fingerprint density at radius 3 is 3.11 bits per heavy atom. The number of benzene rings is 1.